The number of carbonyl (C=O) groups is 1. The molecule has 0 aliphatic rings. The zero-order chi connectivity index (χ0) is 22.9. The molecule has 0 fully saturated rings. The molecule has 0 unspecified atom stereocenters. The highest BCUT2D eigenvalue weighted by Gasteiger charge is 2.30. The Kier molecular flexibility index (Phi) is 5.98. The number of amides is 1. The number of ether oxygens (including phenoxy) is 1. The van der Waals surface area contributed by atoms with Crippen LogP contribution in [-0.4, -0.2) is 36.7 Å². The van der Waals surface area contributed by atoms with E-state index in [-0.39, 0.29) is 22.8 Å². The standard InChI is InChI=1S/C22H20FN3O4S2/c1-3-12-32(28,29)26(16-7-9-19(30-2)17(23)14-16)21(27)15-6-8-18-20(13-15)31-22(24-18)25-10-4-5-11-25/h4-11,13-14H,3,12H2,1-2H3. The first kappa shape index (κ1) is 22.0. The normalized spacial score (nSPS) is 11.6. The van der Waals surface area contributed by atoms with Gasteiger partial charge in [0.1, 0.15) is 0 Å². The molecule has 0 aliphatic carbocycles. The van der Waals surface area contributed by atoms with Crippen molar-refractivity contribution >= 4 is 43.2 Å². The van der Waals surface area contributed by atoms with Crippen molar-refractivity contribution in [3.63, 3.8) is 0 Å². The molecule has 32 heavy (non-hydrogen) atoms. The minimum absolute atomic E-state index is 0.0438. The van der Waals surface area contributed by atoms with E-state index in [1.54, 1.807) is 19.1 Å². The van der Waals surface area contributed by atoms with Crippen LogP contribution in [0.5, 0.6) is 5.75 Å². The van der Waals surface area contributed by atoms with Gasteiger partial charge in [0, 0.05) is 24.0 Å². The second-order valence-electron chi connectivity index (χ2n) is 6.97. The van der Waals surface area contributed by atoms with Crippen LogP contribution in [0, 0.1) is 5.82 Å². The van der Waals surface area contributed by atoms with Gasteiger partial charge in [-0.1, -0.05) is 18.3 Å². The molecule has 2 aromatic carbocycles. The van der Waals surface area contributed by atoms with Crippen molar-refractivity contribution in [2.24, 2.45) is 0 Å². The molecule has 0 radical (unpaired) electrons. The minimum Gasteiger partial charge on any atom is -0.494 e. The quantitative estimate of drug-likeness (QED) is 0.391. The van der Waals surface area contributed by atoms with Crippen LogP contribution < -0.4 is 9.04 Å². The third-order valence-corrected chi connectivity index (χ3v) is 7.63. The molecule has 10 heteroatoms. The van der Waals surface area contributed by atoms with E-state index < -0.39 is 21.7 Å². The Balaban J connectivity index is 1.78. The number of benzene rings is 2. The van der Waals surface area contributed by atoms with Gasteiger partial charge in [-0.2, -0.15) is 0 Å². The molecular formula is C22H20FN3O4S2. The molecule has 4 rings (SSSR count). The Morgan fingerprint density at radius 2 is 1.94 bits per heavy atom. The van der Waals surface area contributed by atoms with Crippen LogP contribution in [0.1, 0.15) is 23.7 Å². The zero-order valence-electron chi connectivity index (χ0n) is 17.4. The lowest BCUT2D eigenvalue weighted by Gasteiger charge is -2.23. The van der Waals surface area contributed by atoms with Crippen LogP contribution in [0.15, 0.2) is 60.9 Å². The number of rotatable bonds is 7. The lowest BCUT2D eigenvalue weighted by Crippen LogP contribution is -2.38. The first-order valence-electron chi connectivity index (χ1n) is 9.79. The average molecular weight is 474 g/mol. The van der Waals surface area contributed by atoms with E-state index in [0.29, 0.717) is 16.2 Å². The number of aromatic nitrogens is 2. The van der Waals surface area contributed by atoms with Gasteiger partial charge in [0.2, 0.25) is 10.0 Å². The van der Waals surface area contributed by atoms with E-state index >= 15 is 0 Å². The maximum Gasteiger partial charge on any atom is 0.272 e. The third kappa shape index (κ3) is 4.11. The van der Waals surface area contributed by atoms with Gasteiger partial charge in [0.25, 0.3) is 5.91 Å². The largest absolute Gasteiger partial charge is 0.494 e. The van der Waals surface area contributed by atoms with Crippen molar-refractivity contribution in [3.05, 3.63) is 72.3 Å². The number of thiazole rings is 1. The Hall–Kier alpha value is -3.24. The van der Waals surface area contributed by atoms with E-state index in [4.69, 9.17) is 4.74 Å². The van der Waals surface area contributed by atoms with Crippen molar-refractivity contribution in [2.45, 2.75) is 13.3 Å². The molecule has 0 saturated heterocycles. The molecule has 0 bridgehead atoms. The number of hydrogen-bond donors (Lipinski definition) is 0. The second kappa shape index (κ2) is 8.71. The Morgan fingerprint density at radius 3 is 2.59 bits per heavy atom. The summed E-state index contributed by atoms with van der Waals surface area (Å²) >= 11 is 1.37. The van der Waals surface area contributed by atoms with E-state index in [1.165, 1.54) is 36.6 Å². The number of hydrogen-bond acceptors (Lipinski definition) is 6. The van der Waals surface area contributed by atoms with Crippen LogP contribution in [0.25, 0.3) is 15.3 Å². The molecule has 2 heterocycles. The van der Waals surface area contributed by atoms with E-state index in [9.17, 15) is 17.6 Å². The topological polar surface area (TPSA) is 81.5 Å². The summed E-state index contributed by atoms with van der Waals surface area (Å²) in [6.45, 7) is 1.70. The van der Waals surface area contributed by atoms with Gasteiger partial charge in [-0.25, -0.2) is 22.1 Å². The summed E-state index contributed by atoms with van der Waals surface area (Å²) in [4.78, 5) is 17.9. The van der Waals surface area contributed by atoms with Gasteiger partial charge in [-0.3, -0.25) is 4.79 Å². The highest BCUT2D eigenvalue weighted by Crippen LogP contribution is 2.30. The number of methoxy groups -OCH3 is 1. The predicted octanol–water partition coefficient (Wildman–Crippen LogP) is 4.62. The van der Waals surface area contributed by atoms with Gasteiger partial charge in [-0.05, 0) is 48.9 Å². The SMILES string of the molecule is CCCS(=O)(=O)N(C(=O)c1ccc2nc(-n3cccc3)sc2c1)c1ccc(OC)c(F)c1. The van der Waals surface area contributed by atoms with Gasteiger partial charge in [0.05, 0.1) is 28.8 Å². The molecule has 4 aromatic rings. The van der Waals surface area contributed by atoms with Crippen molar-refractivity contribution in [1.29, 1.82) is 0 Å². The van der Waals surface area contributed by atoms with E-state index in [2.05, 4.69) is 4.98 Å². The Labute approximate surface area is 188 Å². The van der Waals surface area contributed by atoms with Crippen molar-refractivity contribution in [3.8, 4) is 10.9 Å². The smallest absolute Gasteiger partial charge is 0.272 e. The predicted molar refractivity (Wildman–Crippen MR) is 123 cm³/mol. The molecule has 2 aromatic heterocycles. The van der Waals surface area contributed by atoms with Crippen LogP contribution >= 0.6 is 11.3 Å². The van der Waals surface area contributed by atoms with E-state index in [1.807, 2.05) is 29.1 Å². The maximum absolute atomic E-state index is 14.3. The van der Waals surface area contributed by atoms with Crippen LogP contribution in [0.4, 0.5) is 10.1 Å². The molecule has 0 saturated carbocycles. The van der Waals surface area contributed by atoms with Gasteiger partial charge in [-0.15, -0.1) is 0 Å². The number of fused-ring (bicyclic) bond motifs is 1. The average Bonchev–Trinajstić information content (AvgIpc) is 3.42. The summed E-state index contributed by atoms with van der Waals surface area (Å²) < 4.78 is 48.4. The van der Waals surface area contributed by atoms with Crippen molar-refractivity contribution < 1.29 is 22.3 Å². The summed E-state index contributed by atoms with van der Waals surface area (Å²) in [5, 5.41) is 0.724. The summed E-state index contributed by atoms with van der Waals surface area (Å²) in [5.41, 5.74) is 0.768. The number of nitrogens with zero attached hydrogens (tertiary/aromatic N) is 3. The fourth-order valence-corrected chi connectivity index (χ4v) is 5.73. The zero-order valence-corrected chi connectivity index (χ0v) is 19.0. The first-order valence-corrected chi connectivity index (χ1v) is 12.2. The second-order valence-corrected chi connectivity index (χ2v) is 9.92. The minimum atomic E-state index is -4.03. The molecule has 0 spiro atoms. The molecule has 1 amide bonds. The summed E-state index contributed by atoms with van der Waals surface area (Å²) in [6.07, 6.45) is 4.03. The van der Waals surface area contributed by atoms with Crippen molar-refractivity contribution in [2.75, 3.05) is 17.2 Å². The van der Waals surface area contributed by atoms with E-state index in [0.717, 1.165) is 15.9 Å². The van der Waals surface area contributed by atoms with Crippen LogP contribution in [0.2, 0.25) is 0 Å². The Morgan fingerprint density at radius 1 is 1.19 bits per heavy atom. The summed E-state index contributed by atoms with van der Waals surface area (Å²) in [7, 11) is -2.73. The molecule has 166 valence electrons. The molecule has 7 nitrogen and oxygen atoms in total. The number of halogens is 1. The highest BCUT2D eigenvalue weighted by molar-refractivity contribution is 7.93. The first-order chi connectivity index (χ1) is 15.3. The third-order valence-electron chi connectivity index (χ3n) is 4.74. The fourth-order valence-electron chi connectivity index (χ4n) is 3.27. The molecule has 0 aliphatic heterocycles. The van der Waals surface area contributed by atoms with Crippen LogP contribution in [0.3, 0.4) is 0 Å². The number of carbonyl (C=O) groups excluding carboxylic acids is 1. The maximum atomic E-state index is 14.3. The highest BCUT2D eigenvalue weighted by atomic mass is 32.2. The van der Waals surface area contributed by atoms with Gasteiger partial charge >= 0.3 is 0 Å². The number of sulfonamides is 1. The lowest BCUT2D eigenvalue weighted by atomic mass is 10.2. The molecule has 0 atom stereocenters. The number of anilines is 1. The lowest BCUT2D eigenvalue weighted by molar-refractivity contribution is 0.101. The molecule has 0 N–H and O–H groups in total. The summed E-state index contributed by atoms with van der Waals surface area (Å²) in [5.74, 6) is -1.82. The van der Waals surface area contributed by atoms with Crippen molar-refractivity contribution in [1.82, 2.24) is 9.55 Å². The van der Waals surface area contributed by atoms with Gasteiger partial charge < -0.3 is 9.30 Å². The van der Waals surface area contributed by atoms with Crippen LogP contribution in [-0.2, 0) is 10.0 Å². The summed E-state index contributed by atoms with van der Waals surface area (Å²) in [6, 6.07) is 12.2. The fraction of sp³-hybridized carbons (Fsp3) is 0.182. The molecular weight excluding hydrogens is 453 g/mol. The monoisotopic (exact) mass is 473 g/mol. The Bertz CT molecular complexity index is 1380. The van der Waals surface area contributed by atoms with Gasteiger partial charge in [0.15, 0.2) is 16.7 Å².